The van der Waals surface area contributed by atoms with E-state index < -0.39 is 17.6 Å². The average Bonchev–Trinajstić information content (AvgIpc) is 3.20. The van der Waals surface area contributed by atoms with Crippen LogP contribution in [0.25, 0.3) is 5.65 Å². The molecule has 10 nitrogen and oxygen atoms in total. The number of primary amides is 1. The first kappa shape index (κ1) is 27.2. The van der Waals surface area contributed by atoms with Crippen molar-refractivity contribution in [1.29, 1.82) is 0 Å². The lowest BCUT2D eigenvalue weighted by Gasteiger charge is -2.35. The van der Waals surface area contributed by atoms with E-state index in [4.69, 9.17) is 20.6 Å². The number of carbonyl (C=O) groups excluding carboxylic acids is 1. The van der Waals surface area contributed by atoms with E-state index in [1.165, 1.54) is 17.5 Å². The van der Waals surface area contributed by atoms with Gasteiger partial charge in [-0.2, -0.15) is 17.7 Å². The summed E-state index contributed by atoms with van der Waals surface area (Å²) in [5.74, 6) is 0.236. The lowest BCUT2D eigenvalue weighted by Crippen LogP contribution is -2.53. The van der Waals surface area contributed by atoms with Crippen LogP contribution in [0.3, 0.4) is 0 Å². The van der Waals surface area contributed by atoms with E-state index >= 15 is 0 Å². The number of benzene rings is 1. The Bertz CT molecular complexity index is 1360. The van der Waals surface area contributed by atoms with Crippen LogP contribution in [-0.4, -0.2) is 76.9 Å². The van der Waals surface area contributed by atoms with Crippen LogP contribution in [0.2, 0.25) is 0 Å². The zero-order chi connectivity index (χ0) is 27.9. The van der Waals surface area contributed by atoms with Gasteiger partial charge in [-0.05, 0) is 44.5 Å². The summed E-state index contributed by atoms with van der Waals surface area (Å²) in [4.78, 5) is 21.5. The largest absolute Gasteiger partial charge is 0.416 e. The van der Waals surface area contributed by atoms with E-state index in [9.17, 15) is 18.0 Å². The molecule has 2 aliphatic heterocycles. The predicted molar refractivity (Wildman–Crippen MR) is 141 cm³/mol. The van der Waals surface area contributed by atoms with Crippen molar-refractivity contribution in [1.82, 2.24) is 24.8 Å². The van der Waals surface area contributed by atoms with Gasteiger partial charge < -0.3 is 26.0 Å². The zero-order valence-corrected chi connectivity index (χ0v) is 22.2. The van der Waals surface area contributed by atoms with Gasteiger partial charge in [0.2, 0.25) is 0 Å². The van der Waals surface area contributed by atoms with Gasteiger partial charge in [-0.1, -0.05) is 6.07 Å². The standard InChI is InChI=1S/C26H33F3N8O2/c1-15-12-35(13-16(2)31-15)14-21-25(32-20-6-4-5-19(17(20)3)26(27,28)29)37-24(33-21)18(23(30)38)11-22(34-37)36-7-9-39-10-8-36/h4-6,11,15-16,31-32H,7-10,12-14H2,1-3H3,(H2,30,38). The van der Waals surface area contributed by atoms with Gasteiger partial charge in [0.1, 0.15) is 0 Å². The summed E-state index contributed by atoms with van der Waals surface area (Å²) in [6, 6.07) is 6.12. The van der Waals surface area contributed by atoms with Crippen LogP contribution in [0.5, 0.6) is 0 Å². The highest BCUT2D eigenvalue weighted by atomic mass is 19.4. The molecule has 2 aromatic heterocycles. The molecule has 0 saturated carbocycles. The Morgan fingerprint density at radius 2 is 1.90 bits per heavy atom. The average molecular weight is 547 g/mol. The first-order valence-corrected chi connectivity index (χ1v) is 13.0. The fourth-order valence-corrected chi connectivity index (χ4v) is 5.40. The number of nitrogens with zero attached hydrogens (tertiary/aromatic N) is 5. The highest BCUT2D eigenvalue weighted by Gasteiger charge is 2.33. The highest BCUT2D eigenvalue weighted by Crippen LogP contribution is 2.36. The number of hydrogen-bond donors (Lipinski definition) is 3. The Morgan fingerprint density at radius 1 is 1.21 bits per heavy atom. The number of ether oxygens (including phenoxy) is 1. The van der Waals surface area contributed by atoms with E-state index in [2.05, 4.69) is 29.4 Å². The number of piperazine rings is 1. The van der Waals surface area contributed by atoms with Crippen molar-refractivity contribution < 1.29 is 22.7 Å². The van der Waals surface area contributed by atoms with Crippen molar-refractivity contribution in [2.75, 3.05) is 49.6 Å². The maximum Gasteiger partial charge on any atom is 0.416 e. The molecule has 39 heavy (non-hydrogen) atoms. The maximum absolute atomic E-state index is 13.7. The number of alkyl halides is 3. The minimum atomic E-state index is -4.50. The van der Waals surface area contributed by atoms with Crippen LogP contribution in [0.4, 0.5) is 30.5 Å². The number of imidazole rings is 1. The van der Waals surface area contributed by atoms with Crippen LogP contribution in [0.15, 0.2) is 24.3 Å². The summed E-state index contributed by atoms with van der Waals surface area (Å²) in [6.45, 7) is 9.71. The van der Waals surface area contributed by atoms with Crippen molar-refractivity contribution >= 4 is 28.9 Å². The lowest BCUT2D eigenvalue weighted by molar-refractivity contribution is -0.138. The molecule has 210 valence electrons. The summed E-state index contributed by atoms with van der Waals surface area (Å²) in [7, 11) is 0. The number of fused-ring (bicyclic) bond motifs is 1. The van der Waals surface area contributed by atoms with Crippen LogP contribution in [0.1, 0.15) is 41.0 Å². The molecular weight excluding hydrogens is 513 g/mol. The number of nitrogens with one attached hydrogen (secondary N) is 2. The van der Waals surface area contributed by atoms with Crippen molar-refractivity contribution in [2.45, 2.75) is 45.6 Å². The predicted octanol–water partition coefficient (Wildman–Crippen LogP) is 2.92. The maximum atomic E-state index is 13.7. The van der Waals surface area contributed by atoms with Gasteiger partial charge in [-0.25, -0.2) is 4.98 Å². The fourth-order valence-electron chi connectivity index (χ4n) is 5.40. The van der Waals surface area contributed by atoms with Crippen LogP contribution < -0.4 is 21.3 Å². The van der Waals surface area contributed by atoms with E-state index in [0.717, 1.165) is 19.2 Å². The summed E-state index contributed by atoms with van der Waals surface area (Å²) in [5.41, 5.74) is 6.36. The minimum Gasteiger partial charge on any atom is -0.378 e. The monoisotopic (exact) mass is 546 g/mol. The number of hydrogen-bond acceptors (Lipinski definition) is 8. The topological polar surface area (TPSA) is 113 Å². The summed E-state index contributed by atoms with van der Waals surface area (Å²) < 4.78 is 48.0. The summed E-state index contributed by atoms with van der Waals surface area (Å²) in [5, 5.41) is 11.5. The molecule has 1 aromatic carbocycles. The molecular formula is C26H33F3N8O2. The number of anilines is 3. The molecule has 0 bridgehead atoms. The zero-order valence-electron chi connectivity index (χ0n) is 22.2. The van der Waals surface area contributed by atoms with Gasteiger partial charge in [0, 0.05) is 50.5 Å². The molecule has 0 aliphatic carbocycles. The Labute approximate surface area is 224 Å². The molecule has 2 unspecified atom stereocenters. The number of rotatable bonds is 6. The number of morpholine rings is 1. The van der Waals surface area contributed by atoms with Crippen molar-refractivity contribution in [2.24, 2.45) is 5.73 Å². The van der Waals surface area contributed by atoms with Gasteiger partial charge in [0.25, 0.3) is 5.91 Å². The van der Waals surface area contributed by atoms with Crippen molar-refractivity contribution in [3.05, 3.63) is 46.6 Å². The fraction of sp³-hybridized carbons (Fsp3) is 0.500. The molecule has 0 radical (unpaired) electrons. The smallest absolute Gasteiger partial charge is 0.378 e. The van der Waals surface area contributed by atoms with E-state index in [-0.39, 0.29) is 34.5 Å². The third kappa shape index (κ3) is 5.65. The molecule has 1 amide bonds. The SMILES string of the molecule is Cc1c(Nc2c(CN3CC(C)NC(C)C3)nc3c(C(N)=O)cc(N4CCOCC4)nn23)cccc1C(F)(F)F. The molecule has 4 heterocycles. The van der Waals surface area contributed by atoms with Gasteiger partial charge in [-0.15, -0.1) is 5.10 Å². The second kappa shape index (κ2) is 10.6. The van der Waals surface area contributed by atoms with Crippen LogP contribution >= 0.6 is 0 Å². The third-order valence-corrected chi connectivity index (χ3v) is 7.14. The van der Waals surface area contributed by atoms with Gasteiger partial charge in [-0.3, -0.25) is 9.69 Å². The second-order valence-electron chi connectivity index (χ2n) is 10.3. The van der Waals surface area contributed by atoms with Gasteiger partial charge >= 0.3 is 6.18 Å². The number of amides is 1. The molecule has 4 N–H and O–H groups in total. The van der Waals surface area contributed by atoms with E-state index in [0.29, 0.717) is 50.2 Å². The number of nitrogens with two attached hydrogens (primary N) is 1. The quantitative estimate of drug-likeness (QED) is 0.433. The van der Waals surface area contributed by atoms with Crippen molar-refractivity contribution in [3.63, 3.8) is 0 Å². The lowest BCUT2D eigenvalue weighted by atomic mass is 10.1. The third-order valence-electron chi connectivity index (χ3n) is 7.14. The Balaban J connectivity index is 1.65. The normalized spacial score (nSPS) is 20.9. The van der Waals surface area contributed by atoms with Crippen LogP contribution in [-0.2, 0) is 17.5 Å². The number of aromatic nitrogens is 3. The molecule has 2 aliphatic rings. The highest BCUT2D eigenvalue weighted by molar-refractivity contribution is 5.99. The molecule has 2 saturated heterocycles. The van der Waals surface area contributed by atoms with Crippen LogP contribution in [0, 0.1) is 6.92 Å². The first-order valence-electron chi connectivity index (χ1n) is 13.0. The van der Waals surface area contributed by atoms with Gasteiger partial charge in [0.05, 0.1) is 30.0 Å². The Kier molecular flexibility index (Phi) is 7.40. The minimum absolute atomic E-state index is 0.0507. The second-order valence-corrected chi connectivity index (χ2v) is 10.3. The molecule has 13 heteroatoms. The number of halogens is 3. The molecule has 2 fully saturated rings. The van der Waals surface area contributed by atoms with Crippen molar-refractivity contribution in [3.8, 4) is 0 Å². The summed E-state index contributed by atoms with van der Waals surface area (Å²) >= 11 is 0. The van der Waals surface area contributed by atoms with E-state index in [1.54, 1.807) is 12.1 Å². The Morgan fingerprint density at radius 3 is 2.54 bits per heavy atom. The van der Waals surface area contributed by atoms with Gasteiger partial charge in [0.15, 0.2) is 17.3 Å². The number of carbonyl (C=O) groups is 1. The summed E-state index contributed by atoms with van der Waals surface area (Å²) in [6.07, 6.45) is -4.50. The van der Waals surface area contributed by atoms with E-state index in [1.807, 2.05) is 4.90 Å². The molecule has 5 rings (SSSR count). The molecule has 0 spiro atoms. The Hall–Kier alpha value is -3.42. The molecule has 3 aromatic rings. The first-order chi connectivity index (χ1) is 18.5. The molecule has 2 atom stereocenters.